The van der Waals surface area contributed by atoms with Gasteiger partial charge in [-0.15, -0.1) is 0 Å². The molecule has 0 spiro atoms. The van der Waals surface area contributed by atoms with E-state index in [2.05, 4.69) is 62.4 Å². The Balaban J connectivity index is 2.44. The smallest absolute Gasteiger partial charge is 0.00734 e. The lowest BCUT2D eigenvalue weighted by Gasteiger charge is -2.09. The lowest BCUT2D eigenvalue weighted by atomic mass is 9.95. The van der Waals surface area contributed by atoms with Gasteiger partial charge in [-0.2, -0.15) is 0 Å². The maximum Gasteiger partial charge on any atom is -0.00734 e. The highest BCUT2D eigenvalue weighted by molar-refractivity contribution is 6.09. The molecule has 3 aromatic carbocycles. The maximum absolute atomic E-state index is 2.32. The molecule has 0 fully saturated rings. The molecule has 3 rings (SSSR count). The van der Waals surface area contributed by atoms with E-state index in [0.717, 1.165) is 12.8 Å². The summed E-state index contributed by atoms with van der Waals surface area (Å²) in [5.41, 5.74) is 2.86. The van der Waals surface area contributed by atoms with E-state index in [-0.39, 0.29) is 0 Å². The van der Waals surface area contributed by atoms with Crippen LogP contribution in [0, 0.1) is 0 Å². The van der Waals surface area contributed by atoms with Crippen molar-refractivity contribution < 1.29 is 0 Å². The number of benzene rings is 3. The minimum Gasteiger partial charge on any atom is -0.0614 e. The van der Waals surface area contributed by atoms with Crippen molar-refractivity contribution in [3.05, 3.63) is 59.7 Å². The first-order chi connectivity index (χ1) is 8.83. The van der Waals surface area contributed by atoms with Crippen molar-refractivity contribution >= 4 is 21.5 Å². The number of rotatable bonds is 2. The van der Waals surface area contributed by atoms with Gasteiger partial charge in [0.05, 0.1) is 0 Å². The van der Waals surface area contributed by atoms with Crippen LogP contribution in [-0.4, -0.2) is 0 Å². The summed E-state index contributed by atoms with van der Waals surface area (Å²) in [5, 5.41) is 5.54. The van der Waals surface area contributed by atoms with Gasteiger partial charge in [0.15, 0.2) is 0 Å². The molecule has 3 aromatic rings. The van der Waals surface area contributed by atoms with Crippen LogP contribution in [0.15, 0.2) is 48.5 Å². The van der Waals surface area contributed by atoms with Crippen LogP contribution in [0.1, 0.15) is 25.0 Å². The third-order valence-electron chi connectivity index (χ3n) is 3.80. The summed E-state index contributed by atoms with van der Waals surface area (Å²) in [6.45, 7) is 4.44. The van der Waals surface area contributed by atoms with Crippen LogP contribution in [-0.2, 0) is 12.8 Å². The molecule has 0 bridgehead atoms. The lowest BCUT2D eigenvalue weighted by molar-refractivity contribution is 1.15. The van der Waals surface area contributed by atoms with E-state index in [0.29, 0.717) is 0 Å². The minimum atomic E-state index is 1.09. The normalized spacial score (nSPS) is 11.2. The van der Waals surface area contributed by atoms with Crippen molar-refractivity contribution in [3.63, 3.8) is 0 Å². The van der Waals surface area contributed by atoms with Gasteiger partial charge < -0.3 is 0 Å². The predicted octanol–water partition coefficient (Wildman–Crippen LogP) is 5.12. The van der Waals surface area contributed by atoms with E-state index in [1.165, 1.54) is 32.7 Å². The Hall–Kier alpha value is -1.82. The van der Waals surface area contributed by atoms with Crippen molar-refractivity contribution in [3.8, 4) is 0 Å². The zero-order valence-corrected chi connectivity index (χ0v) is 11.0. The van der Waals surface area contributed by atoms with Gasteiger partial charge in [0.2, 0.25) is 0 Å². The Kier molecular flexibility index (Phi) is 2.79. The molecule has 0 aromatic heterocycles. The van der Waals surface area contributed by atoms with Gasteiger partial charge in [0.25, 0.3) is 0 Å². The number of fused-ring (bicyclic) bond motifs is 3. The van der Waals surface area contributed by atoms with Crippen LogP contribution in [0.25, 0.3) is 21.5 Å². The van der Waals surface area contributed by atoms with E-state index in [4.69, 9.17) is 0 Å². The van der Waals surface area contributed by atoms with Crippen LogP contribution in [0.2, 0.25) is 0 Å². The zero-order valence-electron chi connectivity index (χ0n) is 11.0. The largest absolute Gasteiger partial charge is 0.0614 e. The van der Waals surface area contributed by atoms with Gasteiger partial charge in [-0.25, -0.2) is 0 Å². The van der Waals surface area contributed by atoms with Crippen molar-refractivity contribution in [2.24, 2.45) is 0 Å². The average Bonchev–Trinajstić information content (AvgIpc) is 2.45. The third-order valence-corrected chi connectivity index (χ3v) is 3.80. The highest BCUT2D eigenvalue weighted by atomic mass is 14.1. The topological polar surface area (TPSA) is 0 Å². The molecule has 0 amide bonds. The third kappa shape index (κ3) is 1.69. The standard InChI is InChI=1S/C18H18/c1-3-13-8-11-17-16(12-13)10-9-15-7-5-6-14(4-2)18(15)17/h5-12H,3-4H2,1-2H3. The fraction of sp³-hybridized carbons (Fsp3) is 0.222. The van der Waals surface area contributed by atoms with Crippen LogP contribution >= 0.6 is 0 Å². The highest BCUT2D eigenvalue weighted by Crippen LogP contribution is 2.29. The Morgan fingerprint density at radius 1 is 0.778 bits per heavy atom. The Bertz CT molecular complexity index is 708. The maximum atomic E-state index is 2.32. The Labute approximate surface area is 108 Å². The number of hydrogen-bond donors (Lipinski definition) is 0. The Morgan fingerprint density at radius 2 is 1.61 bits per heavy atom. The van der Waals surface area contributed by atoms with Gasteiger partial charge in [-0.05, 0) is 45.5 Å². The van der Waals surface area contributed by atoms with E-state index in [9.17, 15) is 0 Å². The highest BCUT2D eigenvalue weighted by Gasteiger charge is 2.04. The predicted molar refractivity (Wildman–Crippen MR) is 80.2 cm³/mol. The van der Waals surface area contributed by atoms with Crippen molar-refractivity contribution in [1.82, 2.24) is 0 Å². The molecule has 18 heavy (non-hydrogen) atoms. The van der Waals surface area contributed by atoms with E-state index in [1.807, 2.05) is 0 Å². The quantitative estimate of drug-likeness (QED) is 0.540. The van der Waals surface area contributed by atoms with Crippen LogP contribution < -0.4 is 0 Å². The molecule has 0 heteroatoms. The zero-order chi connectivity index (χ0) is 12.5. The van der Waals surface area contributed by atoms with Gasteiger partial charge in [-0.1, -0.05) is 62.4 Å². The Morgan fingerprint density at radius 3 is 2.39 bits per heavy atom. The summed E-state index contributed by atoms with van der Waals surface area (Å²) in [5.74, 6) is 0. The molecule has 90 valence electrons. The molecule has 0 heterocycles. The van der Waals surface area contributed by atoms with Crippen molar-refractivity contribution in [2.45, 2.75) is 26.7 Å². The monoisotopic (exact) mass is 234 g/mol. The molecular formula is C18H18. The molecule has 0 nitrogen and oxygen atoms in total. The van der Waals surface area contributed by atoms with E-state index < -0.39 is 0 Å². The first-order valence-electron chi connectivity index (χ1n) is 6.76. The minimum absolute atomic E-state index is 1.09. The van der Waals surface area contributed by atoms with Crippen LogP contribution in [0.5, 0.6) is 0 Å². The van der Waals surface area contributed by atoms with Crippen molar-refractivity contribution in [2.75, 3.05) is 0 Å². The SMILES string of the molecule is CCc1ccc2c(ccc3cccc(CC)c32)c1. The van der Waals surface area contributed by atoms with Crippen molar-refractivity contribution in [1.29, 1.82) is 0 Å². The molecule has 0 saturated heterocycles. The second-order valence-electron chi connectivity index (χ2n) is 4.84. The number of aryl methyl sites for hydroxylation is 2. The summed E-state index contributed by atoms with van der Waals surface area (Å²) in [7, 11) is 0. The van der Waals surface area contributed by atoms with Crippen LogP contribution in [0.3, 0.4) is 0 Å². The molecule has 0 saturated carbocycles. The van der Waals surface area contributed by atoms with Gasteiger partial charge >= 0.3 is 0 Å². The summed E-state index contributed by atoms with van der Waals surface area (Å²) >= 11 is 0. The summed E-state index contributed by atoms with van der Waals surface area (Å²) in [4.78, 5) is 0. The molecular weight excluding hydrogens is 216 g/mol. The molecule has 0 aliphatic carbocycles. The molecule has 0 N–H and O–H groups in total. The van der Waals surface area contributed by atoms with E-state index in [1.54, 1.807) is 0 Å². The van der Waals surface area contributed by atoms with Gasteiger partial charge in [-0.3, -0.25) is 0 Å². The molecule has 0 unspecified atom stereocenters. The van der Waals surface area contributed by atoms with Crippen LogP contribution in [0.4, 0.5) is 0 Å². The molecule has 0 aliphatic rings. The average molecular weight is 234 g/mol. The van der Waals surface area contributed by atoms with E-state index >= 15 is 0 Å². The summed E-state index contributed by atoms with van der Waals surface area (Å²) in [6, 6.07) is 18.0. The number of hydrogen-bond acceptors (Lipinski definition) is 0. The summed E-state index contributed by atoms with van der Waals surface area (Å²) < 4.78 is 0. The van der Waals surface area contributed by atoms with Gasteiger partial charge in [0, 0.05) is 0 Å². The first-order valence-corrected chi connectivity index (χ1v) is 6.76. The second kappa shape index (κ2) is 4.45. The lowest BCUT2D eigenvalue weighted by Crippen LogP contribution is -1.87. The fourth-order valence-corrected chi connectivity index (χ4v) is 2.76. The first kappa shape index (κ1) is 11.3. The second-order valence-corrected chi connectivity index (χ2v) is 4.84. The molecule has 0 aliphatic heterocycles. The molecule has 0 radical (unpaired) electrons. The molecule has 0 atom stereocenters. The summed E-state index contributed by atoms with van der Waals surface area (Å²) in [6.07, 6.45) is 2.19. The fourth-order valence-electron chi connectivity index (χ4n) is 2.76. The van der Waals surface area contributed by atoms with Gasteiger partial charge in [0.1, 0.15) is 0 Å².